The Labute approximate surface area is 179 Å². The number of ether oxygens (including phenoxy) is 1. The van der Waals surface area contributed by atoms with Crippen LogP contribution in [0.2, 0.25) is 0 Å². The van der Waals surface area contributed by atoms with Crippen molar-refractivity contribution >= 4 is 39.0 Å². The average Bonchev–Trinajstić information content (AvgIpc) is 3.02. The summed E-state index contributed by atoms with van der Waals surface area (Å²) in [5.74, 6) is -1.49. The van der Waals surface area contributed by atoms with Gasteiger partial charge in [0.2, 0.25) is 10.0 Å². The molecule has 0 saturated heterocycles. The number of anilines is 2. The van der Waals surface area contributed by atoms with E-state index in [0.717, 1.165) is 6.26 Å². The fourth-order valence-corrected chi connectivity index (χ4v) is 4.80. The van der Waals surface area contributed by atoms with Crippen molar-refractivity contribution in [3.05, 3.63) is 63.2 Å². The lowest BCUT2D eigenvalue weighted by atomic mass is 10.1. The van der Waals surface area contributed by atoms with Crippen LogP contribution in [0.1, 0.15) is 28.4 Å². The van der Waals surface area contributed by atoms with Crippen molar-refractivity contribution in [2.75, 3.05) is 22.5 Å². The zero-order valence-electron chi connectivity index (χ0n) is 17.1. The van der Waals surface area contributed by atoms with Crippen molar-refractivity contribution in [2.45, 2.75) is 26.3 Å². The maximum Gasteiger partial charge on any atom is 0.338 e. The molecule has 3 rings (SSSR count). The molecule has 31 heavy (non-hydrogen) atoms. The van der Waals surface area contributed by atoms with Crippen LogP contribution in [0, 0.1) is 17.0 Å². The first-order valence-electron chi connectivity index (χ1n) is 9.31. The lowest BCUT2D eigenvalue weighted by molar-refractivity contribution is -0.384. The van der Waals surface area contributed by atoms with Gasteiger partial charge in [0, 0.05) is 12.1 Å². The molecule has 11 heteroatoms. The topological polar surface area (TPSA) is 136 Å². The quantitative estimate of drug-likeness (QED) is 0.408. The number of esters is 1. The van der Waals surface area contributed by atoms with Crippen LogP contribution in [0.4, 0.5) is 17.1 Å². The second kappa shape index (κ2) is 8.34. The molecule has 0 fully saturated rings. The van der Waals surface area contributed by atoms with Gasteiger partial charge < -0.3 is 10.1 Å². The Balaban J connectivity index is 1.67. The third-order valence-electron chi connectivity index (χ3n) is 4.78. The third kappa shape index (κ3) is 4.82. The molecule has 0 aromatic heterocycles. The minimum atomic E-state index is -3.45. The summed E-state index contributed by atoms with van der Waals surface area (Å²) in [6, 6.07) is 8.58. The molecule has 1 heterocycles. The third-order valence-corrected chi connectivity index (χ3v) is 6.06. The first kappa shape index (κ1) is 22.2. The minimum Gasteiger partial charge on any atom is -0.452 e. The Morgan fingerprint density at radius 3 is 2.61 bits per heavy atom. The monoisotopic (exact) mass is 447 g/mol. The first-order valence-corrected chi connectivity index (χ1v) is 11.2. The number of benzene rings is 2. The van der Waals surface area contributed by atoms with Gasteiger partial charge in [0.25, 0.3) is 11.6 Å². The van der Waals surface area contributed by atoms with Crippen molar-refractivity contribution in [1.82, 2.24) is 0 Å². The van der Waals surface area contributed by atoms with Gasteiger partial charge >= 0.3 is 5.97 Å². The van der Waals surface area contributed by atoms with Gasteiger partial charge in [-0.1, -0.05) is 6.07 Å². The summed E-state index contributed by atoms with van der Waals surface area (Å²) in [6.45, 7) is 2.83. The van der Waals surface area contributed by atoms with Crippen molar-refractivity contribution in [1.29, 1.82) is 0 Å². The molecule has 164 valence electrons. The second-order valence-corrected chi connectivity index (χ2v) is 9.22. The van der Waals surface area contributed by atoms with Crippen molar-refractivity contribution in [2.24, 2.45) is 0 Å². The molecule has 10 nitrogen and oxygen atoms in total. The number of aryl methyl sites for hydroxylation is 1. The Bertz CT molecular complexity index is 1180. The van der Waals surface area contributed by atoms with Crippen molar-refractivity contribution in [3.63, 3.8) is 0 Å². The number of rotatable bonds is 6. The highest BCUT2D eigenvalue weighted by Crippen LogP contribution is 2.34. The van der Waals surface area contributed by atoms with E-state index in [1.54, 1.807) is 26.0 Å². The zero-order chi connectivity index (χ0) is 22.9. The van der Waals surface area contributed by atoms with E-state index in [2.05, 4.69) is 5.32 Å². The molecule has 0 spiro atoms. The molecule has 1 N–H and O–H groups in total. The van der Waals surface area contributed by atoms with Crippen molar-refractivity contribution in [3.8, 4) is 0 Å². The number of hydrogen-bond donors (Lipinski definition) is 1. The molecule has 0 radical (unpaired) electrons. The average molecular weight is 447 g/mol. The van der Waals surface area contributed by atoms with Crippen LogP contribution in [-0.4, -0.2) is 44.1 Å². The van der Waals surface area contributed by atoms with Gasteiger partial charge in [-0.15, -0.1) is 0 Å². The molecule has 0 aliphatic carbocycles. The molecule has 2 aromatic carbocycles. The van der Waals surface area contributed by atoms with Crippen LogP contribution in [0.5, 0.6) is 0 Å². The molecular weight excluding hydrogens is 426 g/mol. The fourth-order valence-electron chi connectivity index (χ4n) is 3.53. The van der Waals surface area contributed by atoms with Crippen LogP contribution < -0.4 is 9.62 Å². The molecule has 1 unspecified atom stereocenters. The standard InChI is InChI=1S/C20H21N3O7S/c1-12-4-6-16(18(8-12)23(26)27)21-19(24)11-30-20(25)14-5-7-17-15(10-14)9-13(2)22(17)31(3,28)29/h4-8,10,13H,9,11H2,1-3H3,(H,21,24). The Hall–Kier alpha value is -3.47. The summed E-state index contributed by atoms with van der Waals surface area (Å²) < 4.78 is 30.3. The van der Waals surface area contributed by atoms with E-state index in [1.165, 1.54) is 28.6 Å². The zero-order valence-corrected chi connectivity index (χ0v) is 17.9. The molecule has 1 aliphatic heterocycles. The first-order chi connectivity index (χ1) is 14.5. The van der Waals surface area contributed by atoms with Crippen LogP contribution >= 0.6 is 0 Å². The van der Waals surface area contributed by atoms with E-state index in [1.807, 2.05) is 0 Å². The second-order valence-electron chi connectivity index (χ2n) is 7.36. The van der Waals surface area contributed by atoms with E-state index in [0.29, 0.717) is 23.2 Å². The fraction of sp³-hybridized carbons (Fsp3) is 0.300. The van der Waals surface area contributed by atoms with E-state index in [9.17, 15) is 28.1 Å². The van der Waals surface area contributed by atoms with E-state index < -0.39 is 33.4 Å². The van der Waals surface area contributed by atoms with Crippen LogP contribution in [0.15, 0.2) is 36.4 Å². The summed E-state index contributed by atoms with van der Waals surface area (Å²) in [5.41, 5.74) is 1.78. The number of nitrogens with zero attached hydrogens (tertiary/aromatic N) is 2. The Morgan fingerprint density at radius 2 is 1.97 bits per heavy atom. The number of carbonyl (C=O) groups is 2. The maximum atomic E-state index is 12.3. The number of carbonyl (C=O) groups excluding carboxylic acids is 2. The number of sulfonamides is 1. The number of nitrogens with one attached hydrogen (secondary N) is 1. The molecular formula is C20H21N3O7S. The van der Waals surface area contributed by atoms with Gasteiger partial charge in [-0.2, -0.15) is 0 Å². The highest BCUT2D eigenvalue weighted by molar-refractivity contribution is 7.92. The molecule has 1 amide bonds. The summed E-state index contributed by atoms with van der Waals surface area (Å²) in [6.07, 6.45) is 1.57. The highest BCUT2D eigenvalue weighted by Gasteiger charge is 2.33. The smallest absolute Gasteiger partial charge is 0.338 e. The normalized spacial score (nSPS) is 15.3. The SMILES string of the molecule is Cc1ccc(NC(=O)COC(=O)c2ccc3c(c2)CC(C)N3S(C)(=O)=O)c([N+](=O)[O-])c1. The predicted molar refractivity (Wildman–Crippen MR) is 114 cm³/mol. The molecule has 1 atom stereocenters. The molecule has 1 aliphatic rings. The number of hydrogen-bond acceptors (Lipinski definition) is 7. The summed E-state index contributed by atoms with van der Waals surface area (Å²) in [7, 11) is -3.45. The van der Waals surface area contributed by atoms with Gasteiger partial charge in [0.15, 0.2) is 6.61 Å². The highest BCUT2D eigenvalue weighted by atomic mass is 32.2. The van der Waals surface area contributed by atoms with E-state index >= 15 is 0 Å². The van der Waals surface area contributed by atoms with Crippen LogP contribution in [0.3, 0.4) is 0 Å². The number of amides is 1. The van der Waals surface area contributed by atoms with Gasteiger partial charge in [0.1, 0.15) is 5.69 Å². The minimum absolute atomic E-state index is 0.00373. The van der Waals surface area contributed by atoms with E-state index in [-0.39, 0.29) is 23.0 Å². The number of fused-ring (bicyclic) bond motifs is 1. The van der Waals surface area contributed by atoms with E-state index in [4.69, 9.17) is 4.74 Å². The van der Waals surface area contributed by atoms with Gasteiger partial charge in [0.05, 0.1) is 22.4 Å². The van der Waals surface area contributed by atoms with Crippen LogP contribution in [-0.2, 0) is 26.0 Å². The largest absolute Gasteiger partial charge is 0.452 e. The number of nitro groups is 1. The van der Waals surface area contributed by atoms with Gasteiger partial charge in [-0.3, -0.25) is 19.2 Å². The summed E-state index contributed by atoms with van der Waals surface area (Å²) in [5, 5.41) is 13.5. The van der Waals surface area contributed by atoms with Crippen LogP contribution in [0.25, 0.3) is 0 Å². The van der Waals surface area contributed by atoms with Gasteiger partial charge in [-0.25, -0.2) is 13.2 Å². The van der Waals surface area contributed by atoms with Gasteiger partial charge in [-0.05, 0) is 55.7 Å². The number of nitro benzene ring substituents is 1. The maximum absolute atomic E-state index is 12.3. The molecule has 2 aromatic rings. The molecule has 0 bridgehead atoms. The molecule has 0 saturated carbocycles. The summed E-state index contributed by atoms with van der Waals surface area (Å²) in [4.78, 5) is 35.0. The predicted octanol–water partition coefficient (Wildman–Crippen LogP) is 2.41. The summed E-state index contributed by atoms with van der Waals surface area (Å²) >= 11 is 0. The lowest BCUT2D eigenvalue weighted by Gasteiger charge is -2.21. The Kier molecular flexibility index (Phi) is 5.98. The Morgan fingerprint density at radius 1 is 1.26 bits per heavy atom. The lowest BCUT2D eigenvalue weighted by Crippen LogP contribution is -2.34. The van der Waals surface area contributed by atoms with Crippen molar-refractivity contribution < 1.29 is 27.7 Å².